The van der Waals surface area contributed by atoms with E-state index < -0.39 is 27.6 Å². The molecule has 1 fully saturated rings. The minimum absolute atomic E-state index is 0.0359. The number of carbonyl (C=O) groups is 1. The second-order valence-electron chi connectivity index (χ2n) is 6.67. The summed E-state index contributed by atoms with van der Waals surface area (Å²) < 4.78 is 78.0. The van der Waals surface area contributed by atoms with Crippen LogP contribution in [-0.4, -0.2) is 56.3 Å². The molecule has 6 nitrogen and oxygen atoms in total. The van der Waals surface area contributed by atoms with Crippen molar-refractivity contribution in [1.29, 1.82) is 0 Å². The number of hydrogen-bond acceptors (Lipinski definition) is 4. The maximum atomic E-state index is 13.3. The fraction of sp³-hybridized carbons (Fsp3) is 0.316. The van der Waals surface area contributed by atoms with Crippen LogP contribution in [0.5, 0.6) is 0 Å². The molecule has 0 unspecified atom stereocenters. The Morgan fingerprint density at radius 3 is 2.30 bits per heavy atom. The third kappa shape index (κ3) is 5.08. The normalized spacial score (nSPS) is 15.8. The molecular formula is C19H19F4N3O3S. The molecule has 1 aliphatic heterocycles. The molecule has 1 aliphatic rings. The number of amides is 1. The Bertz CT molecular complexity index is 1020. The average molecular weight is 445 g/mol. The van der Waals surface area contributed by atoms with Crippen molar-refractivity contribution in [3.63, 3.8) is 0 Å². The molecule has 0 atom stereocenters. The molecule has 2 aromatic rings. The van der Waals surface area contributed by atoms with Gasteiger partial charge >= 0.3 is 6.18 Å². The highest BCUT2D eigenvalue weighted by Crippen LogP contribution is 2.30. The average Bonchev–Trinajstić information content (AvgIpc) is 2.71. The van der Waals surface area contributed by atoms with Gasteiger partial charge in [-0.2, -0.15) is 17.5 Å². The molecule has 1 amide bonds. The fourth-order valence-electron chi connectivity index (χ4n) is 3.05. The highest BCUT2D eigenvalue weighted by molar-refractivity contribution is 7.89. The molecule has 11 heteroatoms. The third-order valence-electron chi connectivity index (χ3n) is 4.66. The van der Waals surface area contributed by atoms with Gasteiger partial charge in [0.2, 0.25) is 15.9 Å². The number of carbonyl (C=O) groups excluding carboxylic acids is 1. The van der Waals surface area contributed by atoms with Gasteiger partial charge in [-0.3, -0.25) is 4.79 Å². The smallest absolute Gasteiger partial charge is 0.376 e. The van der Waals surface area contributed by atoms with Crippen molar-refractivity contribution in [3.8, 4) is 0 Å². The second-order valence-corrected chi connectivity index (χ2v) is 8.61. The first kappa shape index (κ1) is 22.0. The van der Waals surface area contributed by atoms with Crippen molar-refractivity contribution >= 4 is 21.6 Å². The number of piperazine rings is 1. The quantitative estimate of drug-likeness (QED) is 0.719. The molecule has 1 heterocycles. The molecule has 0 aliphatic carbocycles. The third-order valence-corrected chi connectivity index (χ3v) is 6.55. The van der Waals surface area contributed by atoms with Gasteiger partial charge in [-0.1, -0.05) is 12.1 Å². The molecule has 1 saturated heterocycles. The van der Waals surface area contributed by atoms with Crippen LogP contribution in [-0.2, 0) is 21.0 Å². The van der Waals surface area contributed by atoms with Crippen LogP contribution < -0.4 is 5.32 Å². The van der Waals surface area contributed by atoms with Crippen LogP contribution in [0.1, 0.15) is 5.56 Å². The van der Waals surface area contributed by atoms with Crippen molar-refractivity contribution < 1.29 is 30.8 Å². The number of alkyl halides is 3. The van der Waals surface area contributed by atoms with Gasteiger partial charge in [0.25, 0.3) is 0 Å². The number of sulfonamides is 1. The van der Waals surface area contributed by atoms with Gasteiger partial charge in [0.15, 0.2) is 0 Å². The molecule has 162 valence electrons. The largest absolute Gasteiger partial charge is 0.416 e. The zero-order valence-corrected chi connectivity index (χ0v) is 16.5. The van der Waals surface area contributed by atoms with Crippen LogP contribution >= 0.6 is 0 Å². The van der Waals surface area contributed by atoms with E-state index in [1.165, 1.54) is 33.5 Å². The number of halogens is 4. The lowest BCUT2D eigenvalue weighted by Gasteiger charge is -2.34. The Morgan fingerprint density at radius 2 is 1.67 bits per heavy atom. The van der Waals surface area contributed by atoms with E-state index in [2.05, 4.69) is 5.32 Å². The van der Waals surface area contributed by atoms with E-state index in [0.29, 0.717) is 0 Å². The number of anilines is 1. The van der Waals surface area contributed by atoms with Crippen LogP contribution in [0.3, 0.4) is 0 Å². The zero-order chi connectivity index (χ0) is 21.9. The van der Waals surface area contributed by atoms with Crippen LogP contribution in [0, 0.1) is 5.82 Å². The first-order valence-corrected chi connectivity index (χ1v) is 10.5. The Morgan fingerprint density at radius 1 is 1.00 bits per heavy atom. The van der Waals surface area contributed by atoms with Gasteiger partial charge in [0.1, 0.15) is 5.82 Å². The Labute approximate surface area is 171 Å². The molecule has 0 aromatic heterocycles. The summed E-state index contributed by atoms with van der Waals surface area (Å²) in [6.45, 7) is 0.0928. The lowest BCUT2D eigenvalue weighted by atomic mass is 10.2. The summed E-state index contributed by atoms with van der Waals surface area (Å²) in [6, 6.07) is 9.20. The maximum absolute atomic E-state index is 13.3. The molecule has 1 N–H and O–H groups in total. The number of nitrogens with one attached hydrogen (secondary N) is 1. The summed E-state index contributed by atoms with van der Waals surface area (Å²) in [7, 11) is -3.87. The van der Waals surface area contributed by atoms with Gasteiger partial charge in [-0.25, -0.2) is 12.8 Å². The molecule has 3 rings (SSSR count). The van der Waals surface area contributed by atoms with E-state index in [-0.39, 0.29) is 49.2 Å². The highest BCUT2D eigenvalue weighted by Gasteiger charge is 2.31. The summed E-state index contributed by atoms with van der Waals surface area (Å²) in [5, 5.41) is 2.66. The van der Waals surface area contributed by atoms with Gasteiger partial charge in [0.05, 0.1) is 17.0 Å². The summed E-state index contributed by atoms with van der Waals surface area (Å²) in [5.74, 6) is -1.03. The lowest BCUT2D eigenvalue weighted by Crippen LogP contribution is -2.51. The van der Waals surface area contributed by atoms with Crippen LogP contribution in [0.4, 0.5) is 23.2 Å². The Hall–Kier alpha value is -2.66. The maximum Gasteiger partial charge on any atom is 0.416 e. The second kappa shape index (κ2) is 8.60. The van der Waals surface area contributed by atoms with E-state index in [0.717, 1.165) is 24.3 Å². The lowest BCUT2D eigenvalue weighted by molar-refractivity contribution is -0.137. The van der Waals surface area contributed by atoms with Crippen LogP contribution in [0.15, 0.2) is 53.4 Å². The molecule has 0 spiro atoms. The number of rotatable bonds is 5. The Kier molecular flexibility index (Phi) is 6.32. The standard InChI is InChI=1S/C19H19F4N3O3S/c20-15-4-2-6-17(12-15)30(28,29)26-9-7-25(8-10-26)18(27)13-24-16-5-1-3-14(11-16)19(21,22)23/h1-6,11-12,24H,7-10,13H2. The predicted molar refractivity (Wildman–Crippen MR) is 102 cm³/mol. The summed E-state index contributed by atoms with van der Waals surface area (Å²) in [4.78, 5) is 13.6. The van der Waals surface area contributed by atoms with Crippen molar-refractivity contribution in [1.82, 2.24) is 9.21 Å². The first-order chi connectivity index (χ1) is 14.1. The van der Waals surface area contributed by atoms with Crippen molar-refractivity contribution in [2.75, 3.05) is 38.0 Å². The monoisotopic (exact) mass is 445 g/mol. The van der Waals surface area contributed by atoms with E-state index >= 15 is 0 Å². The summed E-state index contributed by atoms with van der Waals surface area (Å²) >= 11 is 0. The van der Waals surface area contributed by atoms with E-state index in [1.807, 2.05) is 0 Å². The van der Waals surface area contributed by atoms with Gasteiger partial charge in [-0.15, -0.1) is 0 Å². The molecule has 0 bridgehead atoms. The summed E-state index contributed by atoms with van der Waals surface area (Å²) in [6.07, 6.45) is -4.48. The van der Waals surface area contributed by atoms with Gasteiger partial charge in [0, 0.05) is 31.9 Å². The highest BCUT2D eigenvalue weighted by atomic mass is 32.2. The van der Waals surface area contributed by atoms with E-state index in [1.54, 1.807) is 0 Å². The SMILES string of the molecule is O=C(CNc1cccc(C(F)(F)F)c1)N1CCN(S(=O)(=O)c2cccc(F)c2)CC1. The van der Waals surface area contributed by atoms with E-state index in [9.17, 15) is 30.8 Å². The fourth-order valence-corrected chi connectivity index (χ4v) is 4.50. The minimum atomic E-state index is -4.48. The first-order valence-electron chi connectivity index (χ1n) is 9.02. The predicted octanol–water partition coefficient (Wildman–Crippen LogP) is 2.79. The minimum Gasteiger partial charge on any atom is -0.376 e. The molecular weight excluding hydrogens is 426 g/mol. The van der Waals surface area contributed by atoms with Crippen LogP contribution in [0.25, 0.3) is 0 Å². The van der Waals surface area contributed by atoms with Crippen LogP contribution in [0.2, 0.25) is 0 Å². The molecule has 0 saturated carbocycles. The van der Waals surface area contributed by atoms with E-state index in [4.69, 9.17) is 0 Å². The Balaban J connectivity index is 1.56. The van der Waals surface area contributed by atoms with Crippen molar-refractivity contribution in [2.45, 2.75) is 11.1 Å². The van der Waals surface area contributed by atoms with Crippen molar-refractivity contribution in [3.05, 3.63) is 59.9 Å². The molecule has 30 heavy (non-hydrogen) atoms. The topological polar surface area (TPSA) is 69.7 Å². The van der Waals surface area contributed by atoms with Gasteiger partial charge < -0.3 is 10.2 Å². The number of benzene rings is 2. The van der Waals surface area contributed by atoms with Crippen molar-refractivity contribution in [2.24, 2.45) is 0 Å². The number of hydrogen-bond donors (Lipinski definition) is 1. The summed E-state index contributed by atoms with van der Waals surface area (Å²) in [5.41, 5.74) is -0.665. The van der Waals surface area contributed by atoms with Gasteiger partial charge in [-0.05, 0) is 36.4 Å². The molecule has 0 radical (unpaired) electrons. The molecule has 2 aromatic carbocycles. The zero-order valence-electron chi connectivity index (χ0n) is 15.7. The number of nitrogens with zero attached hydrogens (tertiary/aromatic N) is 2.